The van der Waals surface area contributed by atoms with Crippen molar-refractivity contribution in [3.63, 3.8) is 0 Å². The van der Waals surface area contributed by atoms with Crippen molar-refractivity contribution >= 4 is 21.6 Å². The van der Waals surface area contributed by atoms with Crippen LogP contribution < -0.4 is 0 Å². The van der Waals surface area contributed by atoms with E-state index in [9.17, 15) is 0 Å². The van der Waals surface area contributed by atoms with E-state index in [4.69, 9.17) is 14.7 Å². The summed E-state index contributed by atoms with van der Waals surface area (Å²) in [7, 11) is 0. The van der Waals surface area contributed by atoms with E-state index in [0.29, 0.717) is 26.1 Å². The molecule has 2 rings (SSSR count). The largest absolute Gasteiger partial charge is 0.396 e. The van der Waals surface area contributed by atoms with Crippen LogP contribution in [0.4, 0.5) is 0 Å². The van der Waals surface area contributed by atoms with Gasteiger partial charge in [-0.25, -0.2) is 0 Å². The predicted molar refractivity (Wildman–Crippen MR) is 70.5 cm³/mol. The highest BCUT2D eigenvalue weighted by molar-refractivity contribution is 9.10. The van der Waals surface area contributed by atoms with Gasteiger partial charge in [-0.3, -0.25) is 4.98 Å². The van der Waals surface area contributed by atoms with Gasteiger partial charge in [0.25, 0.3) is 0 Å². The van der Waals surface area contributed by atoms with Gasteiger partial charge in [0.15, 0.2) is 6.10 Å². The molecule has 0 spiro atoms. The maximum absolute atomic E-state index is 8.63. The zero-order valence-corrected chi connectivity index (χ0v) is 11.5. The fourth-order valence-corrected chi connectivity index (χ4v) is 1.83. The standard InChI is InChI=1S/C12H15BrN2O3/c13-9-2-3-11(14-7-9)12-6-10(18-15-12)8-17-5-1-4-16/h2-3,7,10,16H,1,4-6,8H2/t10-/m0/s1. The fraction of sp³-hybridized carbons (Fsp3) is 0.500. The summed E-state index contributed by atoms with van der Waals surface area (Å²) in [5, 5.41) is 12.7. The van der Waals surface area contributed by atoms with E-state index in [-0.39, 0.29) is 12.7 Å². The first-order chi connectivity index (χ1) is 8.79. The number of pyridine rings is 1. The SMILES string of the molecule is OCCCOC[C@@H]1CC(c2ccc(Br)cn2)=NO1. The summed E-state index contributed by atoms with van der Waals surface area (Å²) in [6, 6.07) is 3.83. The van der Waals surface area contributed by atoms with Crippen LogP contribution in [-0.2, 0) is 9.57 Å². The molecule has 1 aromatic rings. The molecule has 1 atom stereocenters. The highest BCUT2D eigenvalue weighted by Gasteiger charge is 2.22. The summed E-state index contributed by atoms with van der Waals surface area (Å²) >= 11 is 3.34. The molecule has 0 saturated heterocycles. The number of nitrogens with zero attached hydrogens (tertiary/aromatic N) is 2. The number of aromatic nitrogens is 1. The average molecular weight is 315 g/mol. The molecule has 98 valence electrons. The van der Waals surface area contributed by atoms with E-state index in [0.717, 1.165) is 15.9 Å². The lowest BCUT2D eigenvalue weighted by Gasteiger charge is -2.08. The van der Waals surface area contributed by atoms with Crippen molar-refractivity contribution in [3.8, 4) is 0 Å². The molecule has 2 heterocycles. The molecule has 1 aromatic heterocycles. The summed E-state index contributed by atoms with van der Waals surface area (Å²) in [5.74, 6) is 0. The molecule has 0 aliphatic carbocycles. The summed E-state index contributed by atoms with van der Waals surface area (Å²) in [5.41, 5.74) is 1.68. The van der Waals surface area contributed by atoms with Gasteiger partial charge in [0.2, 0.25) is 0 Å². The Hall–Kier alpha value is -0.980. The molecule has 5 nitrogen and oxygen atoms in total. The normalized spacial score (nSPS) is 18.6. The van der Waals surface area contributed by atoms with Gasteiger partial charge in [0.05, 0.1) is 12.3 Å². The summed E-state index contributed by atoms with van der Waals surface area (Å²) < 4.78 is 6.31. The molecule has 0 unspecified atom stereocenters. The third kappa shape index (κ3) is 3.76. The first kappa shape index (κ1) is 13.5. The van der Waals surface area contributed by atoms with Gasteiger partial charge in [-0.1, -0.05) is 5.16 Å². The zero-order chi connectivity index (χ0) is 12.8. The smallest absolute Gasteiger partial charge is 0.156 e. The molecular formula is C12H15BrN2O3. The third-order valence-corrected chi connectivity index (χ3v) is 2.98. The Labute approximate surface area is 114 Å². The maximum Gasteiger partial charge on any atom is 0.156 e. The van der Waals surface area contributed by atoms with E-state index < -0.39 is 0 Å². The monoisotopic (exact) mass is 314 g/mol. The van der Waals surface area contributed by atoms with Crippen molar-refractivity contribution in [2.75, 3.05) is 19.8 Å². The van der Waals surface area contributed by atoms with Crippen LogP contribution in [0, 0.1) is 0 Å². The van der Waals surface area contributed by atoms with Crippen LogP contribution >= 0.6 is 15.9 Å². The highest BCUT2D eigenvalue weighted by Crippen LogP contribution is 2.17. The molecule has 0 fully saturated rings. The lowest BCUT2D eigenvalue weighted by molar-refractivity contribution is -0.000197. The molecule has 6 heteroatoms. The number of hydrogen-bond acceptors (Lipinski definition) is 5. The average Bonchev–Trinajstić information content (AvgIpc) is 2.84. The molecule has 0 aromatic carbocycles. The topological polar surface area (TPSA) is 63.9 Å². The number of halogens is 1. The second-order valence-electron chi connectivity index (χ2n) is 3.98. The molecule has 0 amide bonds. The van der Waals surface area contributed by atoms with Gasteiger partial charge in [-0.2, -0.15) is 0 Å². The number of rotatable bonds is 6. The van der Waals surface area contributed by atoms with Crippen LogP contribution in [0.15, 0.2) is 28.0 Å². The first-order valence-electron chi connectivity index (χ1n) is 5.83. The number of oxime groups is 1. The van der Waals surface area contributed by atoms with Crippen molar-refractivity contribution in [1.29, 1.82) is 0 Å². The zero-order valence-electron chi connectivity index (χ0n) is 9.88. The molecule has 0 saturated carbocycles. The Kier molecular flexibility index (Phi) is 5.10. The lowest BCUT2D eigenvalue weighted by atomic mass is 10.1. The summed E-state index contributed by atoms with van der Waals surface area (Å²) in [6.45, 7) is 1.18. The van der Waals surface area contributed by atoms with E-state index in [1.807, 2.05) is 12.1 Å². The van der Waals surface area contributed by atoms with E-state index in [1.165, 1.54) is 0 Å². The fourth-order valence-electron chi connectivity index (χ4n) is 1.60. The van der Waals surface area contributed by atoms with Crippen LogP contribution in [0.2, 0.25) is 0 Å². The minimum absolute atomic E-state index is 0.0517. The van der Waals surface area contributed by atoms with Gasteiger partial charge >= 0.3 is 0 Å². The van der Waals surface area contributed by atoms with Crippen LogP contribution in [0.3, 0.4) is 0 Å². The quantitative estimate of drug-likeness (QED) is 0.812. The highest BCUT2D eigenvalue weighted by atomic mass is 79.9. The van der Waals surface area contributed by atoms with Crippen LogP contribution in [-0.4, -0.2) is 41.7 Å². The number of hydrogen-bond donors (Lipinski definition) is 1. The Morgan fingerprint density at radius 2 is 2.39 bits per heavy atom. The van der Waals surface area contributed by atoms with Crippen molar-refractivity contribution in [2.45, 2.75) is 18.9 Å². The second kappa shape index (κ2) is 6.82. The van der Waals surface area contributed by atoms with Crippen molar-refractivity contribution in [2.24, 2.45) is 5.16 Å². The first-order valence-corrected chi connectivity index (χ1v) is 6.62. The van der Waals surface area contributed by atoms with Gasteiger partial charge in [-0.05, 0) is 34.5 Å². The van der Waals surface area contributed by atoms with E-state index >= 15 is 0 Å². The number of aliphatic hydroxyl groups excluding tert-OH is 1. The summed E-state index contributed by atoms with van der Waals surface area (Å²) in [4.78, 5) is 9.55. The Morgan fingerprint density at radius 1 is 1.50 bits per heavy atom. The Balaban J connectivity index is 1.79. The van der Waals surface area contributed by atoms with Crippen LogP contribution in [0.1, 0.15) is 18.5 Å². The molecule has 1 aliphatic rings. The van der Waals surface area contributed by atoms with Crippen LogP contribution in [0.25, 0.3) is 0 Å². The molecule has 18 heavy (non-hydrogen) atoms. The second-order valence-corrected chi connectivity index (χ2v) is 4.90. The Morgan fingerprint density at radius 3 is 3.11 bits per heavy atom. The van der Waals surface area contributed by atoms with Gasteiger partial charge in [0, 0.05) is 30.3 Å². The number of ether oxygens (including phenoxy) is 1. The lowest BCUT2D eigenvalue weighted by Crippen LogP contribution is -2.17. The van der Waals surface area contributed by atoms with Gasteiger partial charge in [-0.15, -0.1) is 0 Å². The van der Waals surface area contributed by atoms with Gasteiger partial charge in [0.1, 0.15) is 5.71 Å². The van der Waals surface area contributed by atoms with Crippen molar-refractivity contribution < 1.29 is 14.7 Å². The number of aliphatic hydroxyl groups is 1. The molecule has 0 bridgehead atoms. The Bertz CT molecular complexity index is 408. The van der Waals surface area contributed by atoms with Crippen molar-refractivity contribution in [1.82, 2.24) is 4.98 Å². The minimum Gasteiger partial charge on any atom is -0.396 e. The van der Waals surface area contributed by atoms with Gasteiger partial charge < -0.3 is 14.7 Å². The summed E-state index contributed by atoms with van der Waals surface area (Å²) in [6.07, 6.45) is 3.04. The minimum atomic E-state index is -0.0517. The van der Waals surface area contributed by atoms with E-state index in [1.54, 1.807) is 6.20 Å². The molecule has 0 radical (unpaired) electrons. The van der Waals surface area contributed by atoms with Crippen LogP contribution in [0.5, 0.6) is 0 Å². The van der Waals surface area contributed by atoms with Crippen molar-refractivity contribution in [3.05, 3.63) is 28.5 Å². The predicted octanol–water partition coefficient (Wildman–Crippen LogP) is 1.74. The third-order valence-electron chi connectivity index (χ3n) is 2.51. The molecule has 1 aliphatic heterocycles. The molecule has 1 N–H and O–H groups in total. The maximum atomic E-state index is 8.63. The van der Waals surface area contributed by atoms with E-state index in [2.05, 4.69) is 26.1 Å². The molecular weight excluding hydrogens is 300 g/mol.